The van der Waals surface area contributed by atoms with E-state index in [-0.39, 0.29) is 12.2 Å². The normalized spacial score (nSPS) is 9.68. The smallest absolute Gasteiger partial charge is 0.150 e. The van der Waals surface area contributed by atoms with Crippen molar-refractivity contribution >= 4 is 6.29 Å². The number of benzene rings is 2. The van der Waals surface area contributed by atoms with Gasteiger partial charge in [-0.15, -0.1) is 0 Å². The lowest BCUT2D eigenvalue weighted by atomic mass is 10.1. The van der Waals surface area contributed by atoms with Crippen molar-refractivity contribution in [2.75, 3.05) is 0 Å². The Balaban J connectivity index is 2.38. The van der Waals surface area contributed by atoms with Crippen LogP contribution in [0.15, 0.2) is 42.5 Å². The molecule has 4 heteroatoms. The van der Waals surface area contributed by atoms with Crippen LogP contribution in [0.5, 0.6) is 11.5 Å². The molecule has 1 N–H and O–H groups in total. The third-order valence-electron chi connectivity index (χ3n) is 2.62. The number of hydrogen-bond acceptors (Lipinski definition) is 4. The molecular formula is C15H11NO3. The minimum atomic E-state index is -0.148. The van der Waals surface area contributed by atoms with Crippen LogP contribution in [-0.2, 0) is 6.61 Å². The summed E-state index contributed by atoms with van der Waals surface area (Å²) in [7, 11) is 0. The second-order valence-electron chi connectivity index (χ2n) is 3.85. The van der Waals surface area contributed by atoms with Gasteiger partial charge in [0, 0.05) is 11.1 Å². The Labute approximate surface area is 110 Å². The van der Waals surface area contributed by atoms with Crippen molar-refractivity contribution < 1.29 is 14.6 Å². The highest BCUT2D eigenvalue weighted by atomic mass is 16.5. The number of carbonyl (C=O) groups excluding carboxylic acids is 1. The van der Waals surface area contributed by atoms with Crippen LogP contribution in [0.3, 0.4) is 0 Å². The number of nitriles is 1. The topological polar surface area (TPSA) is 70.3 Å². The van der Waals surface area contributed by atoms with E-state index in [1.165, 1.54) is 6.07 Å². The minimum Gasteiger partial charge on any atom is -0.456 e. The monoisotopic (exact) mass is 253 g/mol. The van der Waals surface area contributed by atoms with Crippen LogP contribution >= 0.6 is 0 Å². The van der Waals surface area contributed by atoms with Crippen molar-refractivity contribution in [2.24, 2.45) is 0 Å². The first-order valence-electron chi connectivity index (χ1n) is 5.64. The lowest BCUT2D eigenvalue weighted by Crippen LogP contribution is -1.94. The lowest BCUT2D eigenvalue weighted by Gasteiger charge is -2.10. The maximum absolute atomic E-state index is 10.7. The highest BCUT2D eigenvalue weighted by molar-refractivity contribution is 5.76. The number of carbonyl (C=O) groups is 1. The summed E-state index contributed by atoms with van der Waals surface area (Å²) in [4.78, 5) is 10.7. The molecule has 0 radical (unpaired) electrons. The standard InChI is InChI=1S/C15H11NO3/c16-8-13-7-11(9-17)5-6-15(13)19-14-4-2-1-3-12(14)10-18/h1-7,9,18H,10H2. The molecule has 0 spiro atoms. The van der Waals surface area contributed by atoms with E-state index < -0.39 is 0 Å². The Kier molecular flexibility index (Phi) is 3.91. The number of ether oxygens (including phenoxy) is 1. The Morgan fingerprint density at radius 1 is 1.21 bits per heavy atom. The van der Waals surface area contributed by atoms with Crippen LogP contribution in [-0.4, -0.2) is 11.4 Å². The fourth-order valence-electron chi connectivity index (χ4n) is 1.65. The summed E-state index contributed by atoms with van der Waals surface area (Å²) in [5.41, 5.74) is 1.32. The zero-order valence-corrected chi connectivity index (χ0v) is 10.0. The first-order valence-corrected chi connectivity index (χ1v) is 5.64. The molecule has 2 aromatic carbocycles. The fraction of sp³-hybridized carbons (Fsp3) is 0.0667. The second-order valence-corrected chi connectivity index (χ2v) is 3.85. The van der Waals surface area contributed by atoms with Crippen molar-refractivity contribution in [2.45, 2.75) is 6.61 Å². The highest BCUT2D eigenvalue weighted by Gasteiger charge is 2.08. The molecule has 0 aromatic heterocycles. The van der Waals surface area contributed by atoms with E-state index >= 15 is 0 Å². The molecular weight excluding hydrogens is 242 g/mol. The average molecular weight is 253 g/mol. The first kappa shape index (κ1) is 12.8. The highest BCUT2D eigenvalue weighted by Crippen LogP contribution is 2.28. The van der Waals surface area contributed by atoms with E-state index in [1.54, 1.807) is 36.4 Å². The number of aliphatic hydroxyl groups excluding tert-OH is 1. The number of hydrogen-bond donors (Lipinski definition) is 1. The number of nitrogens with zero attached hydrogens (tertiary/aromatic N) is 1. The Morgan fingerprint density at radius 2 is 2.00 bits per heavy atom. The average Bonchev–Trinajstić information content (AvgIpc) is 2.48. The molecule has 4 nitrogen and oxygen atoms in total. The summed E-state index contributed by atoms with van der Waals surface area (Å²) in [6.07, 6.45) is 0.673. The molecule has 0 amide bonds. The number of rotatable bonds is 4. The van der Waals surface area contributed by atoms with Gasteiger partial charge in [0.05, 0.1) is 12.2 Å². The van der Waals surface area contributed by atoms with Crippen LogP contribution < -0.4 is 4.74 Å². The molecule has 0 aliphatic heterocycles. The van der Waals surface area contributed by atoms with Gasteiger partial charge in [-0.1, -0.05) is 18.2 Å². The molecule has 0 fully saturated rings. The molecule has 0 aliphatic carbocycles. The van der Waals surface area contributed by atoms with Gasteiger partial charge < -0.3 is 9.84 Å². The lowest BCUT2D eigenvalue weighted by molar-refractivity contribution is 0.112. The zero-order chi connectivity index (χ0) is 13.7. The SMILES string of the molecule is N#Cc1cc(C=O)ccc1Oc1ccccc1CO. The van der Waals surface area contributed by atoms with E-state index in [1.807, 2.05) is 6.07 Å². The largest absolute Gasteiger partial charge is 0.456 e. The Bertz CT molecular complexity index is 644. The summed E-state index contributed by atoms with van der Waals surface area (Å²) >= 11 is 0. The number of aldehydes is 1. The van der Waals surface area contributed by atoms with Gasteiger partial charge in [0.1, 0.15) is 23.9 Å². The quantitative estimate of drug-likeness (QED) is 0.850. The second kappa shape index (κ2) is 5.80. The van der Waals surface area contributed by atoms with Crippen LogP contribution in [0, 0.1) is 11.3 Å². The minimum absolute atomic E-state index is 0.148. The van der Waals surface area contributed by atoms with Crippen molar-refractivity contribution in [1.82, 2.24) is 0 Å². The van der Waals surface area contributed by atoms with E-state index in [0.29, 0.717) is 28.9 Å². The maximum Gasteiger partial charge on any atom is 0.150 e. The third-order valence-corrected chi connectivity index (χ3v) is 2.62. The van der Waals surface area contributed by atoms with Gasteiger partial charge >= 0.3 is 0 Å². The predicted octanol–water partition coefficient (Wildman–Crippen LogP) is 2.66. The van der Waals surface area contributed by atoms with Crippen LogP contribution in [0.4, 0.5) is 0 Å². The Morgan fingerprint density at radius 3 is 2.68 bits per heavy atom. The number of aliphatic hydroxyl groups is 1. The van der Waals surface area contributed by atoms with Crippen molar-refractivity contribution in [3.05, 3.63) is 59.2 Å². The molecule has 0 saturated carbocycles. The maximum atomic E-state index is 10.7. The molecule has 0 saturated heterocycles. The zero-order valence-electron chi connectivity index (χ0n) is 10.0. The summed E-state index contributed by atoms with van der Waals surface area (Å²) in [6.45, 7) is -0.148. The van der Waals surface area contributed by atoms with Crippen molar-refractivity contribution in [3.63, 3.8) is 0 Å². The van der Waals surface area contributed by atoms with Crippen LogP contribution in [0.1, 0.15) is 21.5 Å². The van der Waals surface area contributed by atoms with E-state index in [0.717, 1.165) is 0 Å². The molecule has 0 heterocycles. The molecule has 2 rings (SSSR count). The van der Waals surface area contributed by atoms with Crippen molar-refractivity contribution in [3.8, 4) is 17.6 Å². The molecule has 0 aliphatic rings. The van der Waals surface area contributed by atoms with Gasteiger partial charge in [0.15, 0.2) is 0 Å². The van der Waals surface area contributed by atoms with Crippen LogP contribution in [0.2, 0.25) is 0 Å². The predicted molar refractivity (Wildman–Crippen MR) is 69.0 cm³/mol. The van der Waals surface area contributed by atoms with Gasteiger partial charge in [-0.3, -0.25) is 4.79 Å². The van der Waals surface area contributed by atoms with Gasteiger partial charge in [0.25, 0.3) is 0 Å². The third kappa shape index (κ3) is 2.79. The molecule has 19 heavy (non-hydrogen) atoms. The van der Waals surface area contributed by atoms with Crippen molar-refractivity contribution in [1.29, 1.82) is 5.26 Å². The molecule has 0 atom stereocenters. The van der Waals surface area contributed by atoms with E-state index in [9.17, 15) is 9.90 Å². The molecule has 2 aromatic rings. The summed E-state index contributed by atoms with van der Waals surface area (Å²) in [5, 5.41) is 18.3. The van der Waals surface area contributed by atoms with Gasteiger partial charge in [-0.2, -0.15) is 5.26 Å². The summed E-state index contributed by atoms with van der Waals surface area (Å²) in [5.74, 6) is 0.842. The van der Waals surface area contributed by atoms with E-state index in [2.05, 4.69) is 0 Å². The van der Waals surface area contributed by atoms with Gasteiger partial charge in [-0.05, 0) is 24.3 Å². The molecule has 0 unspecified atom stereocenters. The molecule has 94 valence electrons. The molecule has 0 bridgehead atoms. The first-order chi connectivity index (χ1) is 9.28. The number of para-hydroxylation sites is 1. The van der Waals surface area contributed by atoms with Gasteiger partial charge in [-0.25, -0.2) is 0 Å². The van der Waals surface area contributed by atoms with Crippen LogP contribution in [0.25, 0.3) is 0 Å². The summed E-state index contributed by atoms with van der Waals surface area (Å²) < 4.78 is 5.62. The Hall–Kier alpha value is -2.64. The van der Waals surface area contributed by atoms with E-state index in [4.69, 9.17) is 10.00 Å². The summed E-state index contributed by atoms with van der Waals surface area (Å²) in [6, 6.07) is 13.6. The fourth-order valence-corrected chi connectivity index (χ4v) is 1.65. The van der Waals surface area contributed by atoms with Gasteiger partial charge in [0.2, 0.25) is 0 Å².